The van der Waals surface area contributed by atoms with Gasteiger partial charge in [0.25, 0.3) is 0 Å². The topological polar surface area (TPSA) is 53.8 Å². The molecule has 1 fully saturated rings. The zero-order valence-electron chi connectivity index (χ0n) is 16.7. The number of furan rings is 1. The molecule has 0 bridgehead atoms. The van der Waals surface area contributed by atoms with E-state index in [0.717, 1.165) is 0 Å². The Balaban J connectivity index is 1.51. The number of nitrogens with zero attached hydrogens (tertiary/aromatic N) is 2. The van der Waals surface area contributed by atoms with Crippen molar-refractivity contribution in [2.75, 3.05) is 26.2 Å². The lowest BCUT2D eigenvalue weighted by Gasteiger charge is -2.37. The number of hydrogen-bond acceptors (Lipinski definition) is 3. The molecule has 3 rings (SSSR count). The van der Waals surface area contributed by atoms with Gasteiger partial charge in [0.1, 0.15) is 17.3 Å². The Labute approximate surface area is 165 Å². The van der Waals surface area contributed by atoms with Gasteiger partial charge in [0.2, 0.25) is 11.8 Å². The van der Waals surface area contributed by atoms with Crippen LogP contribution >= 0.6 is 0 Å². The fraction of sp³-hybridized carbons (Fsp3) is 0.455. The molecule has 2 amide bonds. The molecule has 0 aliphatic carbocycles. The molecule has 1 aromatic heterocycles. The summed E-state index contributed by atoms with van der Waals surface area (Å²) >= 11 is 0. The van der Waals surface area contributed by atoms with Crippen LogP contribution in [0.2, 0.25) is 0 Å². The summed E-state index contributed by atoms with van der Waals surface area (Å²) < 4.78 is 19.6. The van der Waals surface area contributed by atoms with Gasteiger partial charge in [0.15, 0.2) is 0 Å². The minimum absolute atomic E-state index is 0.0479. The second kappa shape index (κ2) is 8.17. The maximum Gasteiger partial charge on any atom is 0.228 e. The third-order valence-corrected chi connectivity index (χ3v) is 4.95. The standard InChI is InChI=1S/C22H27FN2O3/c1-22(2,3)21(27)25-14-12-24(13-15-25)20(26)11-9-16-8-10-19(28-16)17-6-4-5-7-18(17)23/h4-8,10H,9,11-15H2,1-3H3. The molecule has 2 heterocycles. The molecule has 2 aromatic rings. The quantitative estimate of drug-likeness (QED) is 0.804. The first-order valence-electron chi connectivity index (χ1n) is 9.66. The van der Waals surface area contributed by atoms with Crippen LogP contribution in [0.3, 0.4) is 0 Å². The molecule has 1 saturated heterocycles. The maximum atomic E-state index is 13.9. The van der Waals surface area contributed by atoms with Crippen LogP contribution in [-0.2, 0) is 16.0 Å². The fourth-order valence-electron chi connectivity index (χ4n) is 3.34. The van der Waals surface area contributed by atoms with E-state index in [2.05, 4.69) is 0 Å². The van der Waals surface area contributed by atoms with Crippen LogP contribution in [0.4, 0.5) is 4.39 Å². The van der Waals surface area contributed by atoms with Crippen molar-refractivity contribution in [2.24, 2.45) is 5.41 Å². The van der Waals surface area contributed by atoms with E-state index in [4.69, 9.17) is 4.42 Å². The summed E-state index contributed by atoms with van der Waals surface area (Å²) in [6, 6.07) is 9.97. The maximum absolute atomic E-state index is 13.9. The van der Waals surface area contributed by atoms with Crippen molar-refractivity contribution in [2.45, 2.75) is 33.6 Å². The Hall–Kier alpha value is -2.63. The molecule has 0 radical (unpaired) electrons. The number of rotatable bonds is 4. The Kier molecular flexibility index (Phi) is 5.87. The SMILES string of the molecule is CC(C)(C)C(=O)N1CCN(C(=O)CCc2ccc(-c3ccccc3F)o2)CC1. The van der Waals surface area contributed by atoms with Gasteiger partial charge < -0.3 is 14.2 Å². The predicted molar refractivity (Wildman–Crippen MR) is 105 cm³/mol. The lowest BCUT2D eigenvalue weighted by atomic mass is 9.94. The van der Waals surface area contributed by atoms with E-state index < -0.39 is 5.41 Å². The number of halogens is 1. The van der Waals surface area contributed by atoms with Gasteiger partial charge in [-0.25, -0.2) is 4.39 Å². The van der Waals surface area contributed by atoms with Crippen LogP contribution in [-0.4, -0.2) is 47.8 Å². The Morgan fingerprint density at radius 3 is 2.29 bits per heavy atom. The summed E-state index contributed by atoms with van der Waals surface area (Å²) in [5, 5.41) is 0. The van der Waals surface area contributed by atoms with Gasteiger partial charge in [-0.05, 0) is 24.3 Å². The van der Waals surface area contributed by atoms with Crippen molar-refractivity contribution in [1.82, 2.24) is 9.80 Å². The minimum Gasteiger partial charge on any atom is -0.461 e. The monoisotopic (exact) mass is 386 g/mol. The highest BCUT2D eigenvalue weighted by molar-refractivity contribution is 5.82. The second-order valence-corrected chi connectivity index (χ2v) is 8.17. The highest BCUT2D eigenvalue weighted by Gasteiger charge is 2.30. The fourth-order valence-corrected chi connectivity index (χ4v) is 3.34. The lowest BCUT2D eigenvalue weighted by Crippen LogP contribution is -2.53. The van der Waals surface area contributed by atoms with E-state index in [1.165, 1.54) is 6.07 Å². The van der Waals surface area contributed by atoms with Gasteiger partial charge in [-0.2, -0.15) is 0 Å². The van der Waals surface area contributed by atoms with Crippen LogP contribution in [0.25, 0.3) is 11.3 Å². The average Bonchev–Trinajstić information content (AvgIpc) is 3.14. The van der Waals surface area contributed by atoms with E-state index in [1.807, 2.05) is 25.7 Å². The number of carbonyl (C=O) groups is 2. The summed E-state index contributed by atoms with van der Waals surface area (Å²) in [5.41, 5.74) is 0.0150. The number of amides is 2. The first kappa shape index (κ1) is 20.1. The zero-order chi connectivity index (χ0) is 20.3. The lowest BCUT2D eigenvalue weighted by molar-refractivity contribution is -0.144. The molecule has 0 spiro atoms. The summed E-state index contributed by atoms with van der Waals surface area (Å²) in [6.45, 7) is 7.97. The third-order valence-electron chi connectivity index (χ3n) is 4.95. The van der Waals surface area contributed by atoms with Gasteiger partial charge in [-0.3, -0.25) is 9.59 Å². The Morgan fingerprint density at radius 1 is 1.00 bits per heavy atom. The number of piperazine rings is 1. The second-order valence-electron chi connectivity index (χ2n) is 8.17. The van der Waals surface area contributed by atoms with E-state index in [9.17, 15) is 14.0 Å². The van der Waals surface area contributed by atoms with Crippen molar-refractivity contribution in [3.8, 4) is 11.3 Å². The highest BCUT2D eigenvalue weighted by atomic mass is 19.1. The van der Waals surface area contributed by atoms with Gasteiger partial charge in [0.05, 0.1) is 5.56 Å². The molecule has 1 aromatic carbocycles. The number of aryl methyl sites for hydroxylation is 1. The summed E-state index contributed by atoms with van der Waals surface area (Å²) in [6.07, 6.45) is 0.797. The van der Waals surface area contributed by atoms with Crippen molar-refractivity contribution >= 4 is 11.8 Å². The minimum atomic E-state index is -0.401. The zero-order valence-corrected chi connectivity index (χ0v) is 16.7. The van der Waals surface area contributed by atoms with Crippen LogP contribution < -0.4 is 0 Å². The average molecular weight is 386 g/mol. The van der Waals surface area contributed by atoms with Crippen molar-refractivity contribution in [3.63, 3.8) is 0 Å². The van der Waals surface area contributed by atoms with E-state index in [-0.39, 0.29) is 17.6 Å². The van der Waals surface area contributed by atoms with Crippen LogP contribution in [0.1, 0.15) is 33.0 Å². The van der Waals surface area contributed by atoms with Gasteiger partial charge in [-0.15, -0.1) is 0 Å². The number of hydrogen-bond donors (Lipinski definition) is 0. The first-order chi connectivity index (χ1) is 13.3. The molecule has 1 aliphatic heterocycles. The molecular formula is C22H27FN2O3. The smallest absolute Gasteiger partial charge is 0.228 e. The van der Waals surface area contributed by atoms with Gasteiger partial charge in [-0.1, -0.05) is 32.9 Å². The Morgan fingerprint density at radius 2 is 1.64 bits per heavy atom. The van der Waals surface area contributed by atoms with Crippen molar-refractivity contribution in [3.05, 3.63) is 48.0 Å². The Bertz CT molecular complexity index is 845. The van der Waals surface area contributed by atoms with Crippen LogP contribution in [0, 0.1) is 11.2 Å². The van der Waals surface area contributed by atoms with E-state index >= 15 is 0 Å². The first-order valence-corrected chi connectivity index (χ1v) is 9.66. The molecule has 6 heteroatoms. The van der Waals surface area contributed by atoms with E-state index in [0.29, 0.717) is 56.1 Å². The van der Waals surface area contributed by atoms with Gasteiger partial charge >= 0.3 is 0 Å². The van der Waals surface area contributed by atoms with Crippen molar-refractivity contribution < 1.29 is 18.4 Å². The third kappa shape index (κ3) is 4.61. The predicted octanol–water partition coefficient (Wildman–Crippen LogP) is 3.74. The molecular weight excluding hydrogens is 359 g/mol. The molecule has 0 unspecified atom stereocenters. The number of carbonyl (C=O) groups excluding carboxylic acids is 2. The van der Waals surface area contributed by atoms with E-state index in [1.54, 1.807) is 35.2 Å². The van der Waals surface area contributed by atoms with Crippen LogP contribution in [0.5, 0.6) is 0 Å². The van der Waals surface area contributed by atoms with Gasteiger partial charge in [0, 0.05) is 44.4 Å². The molecule has 0 atom stereocenters. The summed E-state index contributed by atoms with van der Waals surface area (Å²) in [4.78, 5) is 28.5. The molecule has 150 valence electrons. The van der Waals surface area contributed by atoms with Crippen molar-refractivity contribution in [1.29, 1.82) is 0 Å². The molecule has 5 nitrogen and oxygen atoms in total. The summed E-state index contributed by atoms with van der Waals surface area (Å²) in [5.74, 6) is 0.965. The molecule has 1 aliphatic rings. The molecule has 0 saturated carbocycles. The largest absolute Gasteiger partial charge is 0.461 e. The highest BCUT2D eigenvalue weighted by Crippen LogP contribution is 2.25. The molecule has 0 N–H and O–H groups in total. The molecule has 28 heavy (non-hydrogen) atoms. The number of benzene rings is 1. The van der Waals surface area contributed by atoms with Crippen LogP contribution in [0.15, 0.2) is 40.8 Å². The summed E-state index contributed by atoms with van der Waals surface area (Å²) in [7, 11) is 0. The normalized spacial score (nSPS) is 15.0.